The van der Waals surface area contributed by atoms with E-state index in [1.807, 2.05) is 6.92 Å². The number of carboxylic acids is 3. The maximum atomic E-state index is 12.4. The van der Waals surface area contributed by atoms with E-state index in [9.17, 15) is 53.4 Å². The van der Waals surface area contributed by atoms with Gasteiger partial charge in [-0.3, -0.25) is 33.6 Å². The molecule has 0 unspecified atom stereocenters. The first kappa shape index (κ1) is 64.5. The van der Waals surface area contributed by atoms with Crippen LogP contribution in [0.5, 0.6) is 0 Å². The molecular formula is C49H88N4O16. The zero-order valence-electron chi connectivity index (χ0n) is 41.6. The zero-order valence-corrected chi connectivity index (χ0v) is 41.6. The Kier molecular flexibility index (Phi) is 41.7. The Morgan fingerprint density at radius 3 is 1.42 bits per heavy atom. The number of carboxylic acid groups (broad SMARTS) is 3. The average molecular weight is 989 g/mol. The van der Waals surface area contributed by atoms with E-state index in [-0.39, 0.29) is 134 Å². The van der Waals surface area contributed by atoms with Crippen molar-refractivity contribution in [3.63, 3.8) is 0 Å². The van der Waals surface area contributed by atoms with E-state index in [0.29, 0.717) is 25.8 Å². The molecule has 0 bridgehead atoms. The summed E-state index contributed by atoms with van der Waals surface area (Å²) in [4.78, 5) is 106. The number of hydrogen-bond donors (Lipinski definition) is 7. The summed E-state index contributed by atoms with van der Waals surface area (Å²) in [6, 6.07) is -2.38. The van der Waals surface area contributed by atoms with Crippen LogP contribution in [0.1, 0.15) is 176 Å². The molecule has 4 amide bonds. The van der Waals surface area contributed by atoms with Gasteiger partial charge < -0.3 is 55.5 Å². The quantitative estimate of drug-likeness (QED) is 0.0381. The number of unbranched alkanes of at least 4 members (excludes halogenated alkanes) is 14. The van der Waals surface area contributed by atoms with E-state index >= 15 is 0 Å². The number of ketones is 2. The van der Waals surface area contributed by atoms with Crippen molar-refractivity contribution < 1.29 is 78.8 Å². The first-order valence-corrected chi connectivity index (χ1v) is 25.2. The molecule has 400 valence electrons. The number of carbonyl (C=O) groups excluding carboxylic acids is 6. The van der Waals surface area contributed by atoms with E-state index in [1.165, 1.54) is 38.5 Å². The SMILES string of the molecule is CC(=O)[C@@H](C)CCCCNC(=O)CC[C@H](NC(=O)COCCOCCNC(=O)COCCOCCCC(=O)CC[C@H](NC(=O)CCCCCCCCCCCCCCCCC(=O)O)C(=O)O)C(=O)O.[HH]. The first-order valence-electron chi connectivity index (χ1n) is 25.2. The van der Waals surface area contributed by atoms with E-state index in [2.05, 4.69) is 21.3 Å². The second-order valence-corrected chi connectivity index (χ2v) is 17.5. The summed E-state index contributed by atoms with van der Waals surface area (Å²) in [5.74, 6) is -4.86. The summed E-state index contributed by atoms with van der Waals surface area (Å²) in [5, 5.41) is 37.9. The van der Waals surface area contributed by atoms with Crippen LogP contribution in [0.2, 0.25) is 0 Å². The van der Waals surface area contributed by atoms with Gasteiger partial charge >= 0.3 is 17.9 Å². The minimum absolute atomic E-state index is 0. The van der Waals surface area contributed by atoms with E-state index < -0.39 is 42.5 Å². The summed E-state index contributed by atoms with van der Waals surface area (Å²) in [6.07, 6.45) is 18.2. The van der Waals surface area contributed by atoms with Crippen molar-refractivity contribution in [2.75, 3.05) is 65.9 Å². The molecule has 0 aromatic heterocycles. The predicted molar refractivity (Wildman–Crippen MR) is 258 cm³/mol. The van der Waals surface area contributed by atoms with Crippen LogP contribution in [0.4, 0.5) is 0 Å². The highest BCUT2D eigenvalue weighted by molar-refractivity contribution is 5.86. The molecular weight excluding hydrogens is 901 g/mol. The Hall–Kier alpha value is -4.53. The fourth-order valence-electron chi connectivity index (χ4n) is 6.96. The number of aliphatic carboxylic acids is 3. The maximum absolute atomic E-state index is 12.4. The third-order valence-corrected chi connectivity index (χ3v) is 11.3. The normalized spacial score (nSPS) is 12.4. The lowest BCUT2D eigenvalue weighted by Gasteiger charge is -2.15. The summed E-state index contributed by atoms with van der Waals surface area (Å²) >= 11 is 0. The van der Waals surface area contributed by atoms with Crippen LogP contribution in [0.15, 0.2) is 0 Å². The molecule has 0 aromatic carbocycles. The van der Waals surface area contributed by atoms with Gasteiger partial charge in [0.2, 0.25) is 23.6 Å². The molecule has 0 saturated carbocycles. The Bertz CT molecular complexity index is 1470. The molecule has 3 atom stereocenters. The molecule has 0 rings (SSSR count). The molecule has 0 heterocycles. The van der Waals surface area contributed by atoms with Gasteiger partial charge in [-0.1, -0.05) is 90.4 Å². The predicted octanol–water partition coefficient (Wildman–Crippen LogP) is 5.30. The lowest BCUT2D eigenvalue weighted by Crippen LogP contribution is -2.43. The third-order valence-electron chi connectivity index (χ3n) is 11.3. The largest absolute Gasteiger partial charge is 0.481 e. The standard InChI is InChI=1S/C49H86N4O16.H2/c1-38(39(2)54)20-17-18-28-50-43(56)27-26-42(49(64)65)53-46(59)37-69-35-33-67-31-29-51-45(58)36-68-34-32-66-30-19-21-40(55)24-25-41(48(62)63)52-44(57)22-15-13-11-9-7-5-3-4-6-8-10-12-14-16-23-47(60)61;/h38,41-42H,3-37H2,1-2H3,(H,50,56)(H,51,58)(H,52,57)(H,53,59)(H,60,61)(H,62,63)(H,64,65);1H/t38-,41-,42-;/m0./s1. The van der Waals surface area contributed by atoms with Gasteiger partial charge in [0.25, 0.3) is 0 Å². The molecule has 0 saturated heterocycles. The van der Waals surface area contributed by atoms with Gasteiger partial charge in [-0.05, 0) is 51.9 Å². The van der Waals surface area contributed by atoms with Gasteiger partial charge in [-0.2, -0.15) is 0 Å². The summed E-state index contributed by atoms with van der Waals surface area (Å²) in [6.45, 7) is 4.38. The molecule has 20 heteroatoms. The molecule has 7 N–H and O–H groups in total. The van der Waals surface area contributed by atoms with Crippen LogP contribution in [0.25, 0.3) is 0 Å². The Labute approximate surface area is 410 Å². The number of hydrogen-bond acceptors (Lipinski definition) is 13. The highest BCUT2D eigenvalue weighted by atomic mass is 16.5. The smallest absolute Gasteiger partial charge is 0.326 e. The van der Waals surface area contributed by atoms with Crippen LogP contribution in [-0.4, -0.2) is 146 Å². The molecule has 0 aliphatic rings. The second kappa shape index (κ2) is 44.7. The monoisotopic (exact) mass is 989 g/mol. The van der Waals surface area contributed by atoms with Gasteiger partial charge in [-0.15, -0.1) is 0 Å². The maximum Gasteiger partial charge on any atom is 0.326 e. The van der Waals surface area contributed by atoms with Gasteiger partial charge in [0.05, 0.1) is 33.0 Å². The average Bonchev–Trinajstić information content (AvgIpc) is 3.29. The van der Waals surface area contributed by atoms with Crippen LogP contribution >= 0.6 is 0 Å². The van der Waals surface area contributed by atoms with Crippen LogP contribution in [0.3, 0.4) is 0 Å². The molecule has 0 fully saturated rings. The van der Waals surface area contributed by atoms with Crippen molar-refractivity contribution in [3.05, 3.63) is 0 Å². The topological polar surface area (TPSA) is 299 Å². The van der Waals surface area contributed by atoms with Gasteiger partial charge in [-0.25, -0.2) is 9.59 Å². The van der Waals surface area contributed by atoms with Crippen molar-refractivity contribution in [2.45, 2.75) is 186 Å². The highest BCUT2D eigenvalue weighted by Crippen LogP contribution is 2.14. The van der Waals surface area contributed by atoms with Crippen molar-refractivity contribution in [2.24, 2.45) is 5.92 Å². The summed E-state index contributed by atoms with van der Waals surface area (Å²) in [5.41, 5.74) is 0. The number of nitrogens with one attached hydrogen (secondary N) is 4. The number of carbonyl (C=O) groups is 9. The van der Waals surface area contributed by atoms with Crippen LogP contribution in [0, 0.1) is 5.92 Å². The van der Waals surface area contributed by atoms with Crippen LogP contribution < -0.4 is 21.3 Å². The van der Waals surface area contributed by atoms with Gasteiger partial charge in [0.15, 0.2) is 0 Å². The number of amides is 4. The number of rotatable bonds is 50. The highest BCUT2D eigenvalue weighted by Gasteiger charge is 2.22. The lowest BCUT2D eigenvalue weighted by atomic mass is 10.0. The van der Waals surface area contributed by atoms with E-state index in [0.717, 1.165) is 57.8 Å². The molecule has 0 spiro atoms. The Balaban J connectivity index is 0. The fraction of sp³-hybridized carbons (Fsp3) is 0.816. The fourth-order valence-corrected chi connectivity index (χ4v) is 6.96. The summed E-state index contributed by atoms with van der Waals surface area (Å²) in [7, 11) is 0. The zero-order chi connectivity index (χ0) is 51.3. The summed E-state index contributed by atoms with van der Waals surface area (Å²) < 4.78 is 21.3. The van der Waals surface area contributed by atoms with Crippen molar-refractivity contribution in [1.82, 2.24) is 21.3 Å². The first-order chi connectivity index (χ1) is 33.1. The van der Waals surface area contributed by atoms with Crippen molar-refractivity contribution in [1.29, 1.82) is 0 Å². The lowest BCUT2D eigenvalue weighted by molar-refractivity contribution is -0.143. The minimum atomic E-state index is -1.27. The van der Waals surface area contributed by atoms with Crippen LogP contribution in [-0.2, 0) is 62.1 Å². The van der Waals surface area contributed by atoms with Crippen molar-refractivity contribution >= 4 is 53.1 Å². The van der Waals surface area contributed by atoms with Gasteiger partial charge in [0.1, 0.15) is 36.9 Å². The Morgan fingerprint density at radius 2 is 0.884 bits per heavy atom. The van der Waals surface area contributed by atoms with E-state index in [4.69, 9.17) is 24.1 Å². The number of ether oxygens (including phenoxy) is 4. The third kappa shape index (κ3) is 43.2. The van der Waals surface area contributed by atoms with E-state index in [1.54, 1.807) is 6.92 Å². The number of Topliss-reactive ketones (excluding diaryl/α,β-unsaturated/α-hetero) is 2. The minimum Gasteiger partial charge on any atom is -0.481 e. The Morgan fingerprint density at radius 1 is 0.420 bits per heavy atom. The molecule has 20 nitrogen and oxygen atoms in total. The molecule has 0 aliphatic heterocycles. The molecule has 69 heavy (non-hydrogen) atoms. The van der Waals surface area contributed by atoms with Gasteiger partial charge in [0, 0.05) is 59.1 Å². The molecule has 0 aliphatic carbocycles. The second-order valence-electron chi connectivity index (χ2n) is 17.5. The van der Waals surface area contributed by atoms with Crippen molar-refractivity contribution in [3.8, 4) is 0 Å². The molecule has 0 radical (unpaired) electrons. The molecule has 0 aromatic rings.